The maximum atomic E-state index is 13.8. The van der Waals surface area contributed by atoms with E-state index in [1.54, 1.807) is 30.3 Å². The van der Waals surface area contributed by atoms with Gasteiger partial charge in [0.25, 0.3) is 0 Å². The zero-order valence-corrected chi connectivity index (χ0v) is 11.4. The predicted octanol–water partition coefficient (Wildman–Crippen LogP) is 3.93. The van der Waals surface area contributed by atoms with Crippen molar-refractivity contribution in [3.63, 3.8) is 0 Å². The molecule has 0 saturated carbocycles. The van der Waals surface area contributed by atoms with Crippen LogP contribution >= 0.6 is 0 Å². The fourth-order valence-corrected chi connectivity index (χ4v) is 2.22. The minimum atomic E-state index is -0.413. The van der Waals surface area contributed by atoms with Crippen molar-refractivity contribution in [1.82, 2.24) is 0 Å². The Bertz CT molecular complexity index is 775. The Labute approximate surface area is 121 Å². The number of aryl methyl sites for hydroxylation is 1. The lowest BCUT2D eigenvalue weighted by Crippen LogP contribution is -1.92. The van der Waals surface area contributed by atoms with Gasteiger partial charge in [-0.1, -0.05) is 18.2 Å². The molecule has 0 aliphatic carbocycles. The Morgan fingerprint density at radius 3 is 2.67 bits per heavy atom. The third-order valence-electron chi connectivity index (χ3n) is 3.35. The molecule has 0 radical (unpaired) electrons. The molecule has 0 amide bonds. The van der Waals surface area contributed by atoms with E-state index in [1.807, 2.05) is 13.0 Å². The standard InChI is InChI=1S/C17H12FNO2/c1-11-6-16-17(21-10-20-16)8-12(11)7-13(9-19)14-4-2-3-5-15(14)18/h2-8H,10H2,1H3. The van der Waals surface area contributed by atoms with Crippen LogP contribution in [0.25, 0.3) is 11.6 Å². The molecule has 21 heavy (non-hydrogen) atoms. The number of fused-ring (bicyclic) bond motifs is 1. The summed E-state index contributed by atoms with van der Waals surface area (Å²) in [7, 11) is 0. The molecular formula is C17H12FNO2. The zero-order valence-electron chi connectivity index (χ0n) is 11.4. The van der Waals surface area contributed by atoms with Gasteiger partial charge >= 0.3 is 0 Å². The van der Waals surface area contributed by atoms with Crippen molar-refractivity contribution in [3.8, 4) is 17.6 Å². The molecule has 0 unspecified atom stereocenters. The minimum Gasteiger partial charge on any atom is -0.454 e. The third-order valence-corrected chi connectivity index (χ3v) is 3.35. The molecule has 2 aromatic rings. The molecule has 0 spiro atoms. The number of halogens is 1. The van der Waals surface area contributed by atoms with Crippen LogP contribution in [0.5, 0.6) is 11.5 Å². The van der Waals surface area contributed by atoms with E-state index in [-0.39, 0.29) is 17.9 Å². The van der Waals surface area contributed by atoms with Gasteiger partial charge in [0, 0.05) is 5.56 Å². The first-order chi connectivity index (χ1) is 10.2. The summed E-state index contributed by atoms with van der Waals surface area (Å²) in [5.41, 5.74) is 2.30. The second-order valence-corrected chi connectivity index (χ2v) is 4.71. The normalized spacial score (nSPS) is 13.1. The fourth-order valence-electron chi connectivity index (χ4n) is 2.22. The Kier molecular flexibility index (Phi) is 3.33. The molecule has 0 atom stereocenters. The van der Waals surface area contributed by atoms with Gasteiger partial charge in [-0.15, -0.1) is 0 Å². The van der Waals surface area contributed by atoms with E-state index in [9.17, 15) is 9.65 Å². The minimum absolute atomic E-state index is 0.195. The number of nitrogens with zero attached hydrogens (tertiary/aromatic N) is 1. The van der Waals surface area contributed by atoms with Crippen LogP contribution < -0.4 is 9.47 Å². The molecule has 0 fully saturated rings. The monoisotopic (exact) mass is 281 g/mol. The quantitative estimate of drug-likeness (QED) is 0.618. The first-order valence-corrected chi connectivity index (χ1v) is 6.46. The molecule has 3 rings (SSSR count). The van der Waals surface area contributed by atoms with Crippen LogP contribution in [0, 0.1) is 24.1 Å². The summed E-state index contributed by atoms with van der Waals surface area (Å²) in [6.45, 7) is 2.10. The Morgan fingerprint density at radius 2 is 1.95 bits per heavy atom. The second kappa shape index (κ2) is 5.29. The molecule has 1 aliphatic rings. The highest BCUT2D eigenvalue weighted by atomic mass is 19.1. The first-order valence-electron chi connectivity index (χ1n) is 6.46. The first kappa shape index (κ1) is 13.2. The zero-order chi connectivity index (χ0) is 14.8. The van der Waals surface area contributed by atoms with Gasteiger partial charge in [-0.25, -0.2) is 4.39 Å². The molecule has 1 heterocycles. The summed E-state index contributed by atoms with van der Waals surface area (Å²) < 4.78 is 24.4. The summed E-state index contributed by atoms with van der Waals surface area (Å²) in [6.07, 6.45) is 1.66. The summed E-state index contributed by atoms with van der Waals surface area (Å²) in [6, 6.07) is 11.9. The SMILES string of the molecule is Cc1cc2c(cc1C=C(C#N)c1ccccc1F)OCO2. The van der Waals surface area contributed by atoms with E-state index in [1.165, 1.54) is 6.07 Å². The molecule has 1 aliphatic heterocycles. The lowest BCUT2D eigenvalue weighted by molar-refractivity contribution is 0.174. The Morgan fingerprint density at radius 1 is 1.24 bits per heavy atom. The third kappa shape index (κ3) is 2.46. The number of hydrogen-bond acceptors (Lipinski definition) is 3. The van der Waals surface area contributed by atoms with Crippen molar-refractivity contribution >= 4 is 11.6 Å². The largest absolute Gasteiger partial charge is 0.454 e. The van der Waals surface area contributed by atoms with E-state index >= 15 is 0 Å². The van der Waals surface area contributed by atoms with Crippen molar-refractivity contribution in [3.05, 3.63) is 58.9 Å². The van der Waals surface area contributed by atoms with Gasteiger partial charge in [0.2, 0.25) is 6.79 Å². The highest BCUT2D eigenvalue weighted by molar-refractivity contribution is 5.90. The van der Waals surface area contributed by atoms with Crippen LogP contribution in [-0.2, 0) is 0 Å². The number of hydrogen-bond donors (Lipinski definition) is 0. The summed E-state index contributed by atoms with van der Waals surface area (Å²) in [5.74, 6) is 0.912. The average molecular weight is 281 g/mol. The fraction of sp³-hybridized carbons (Fsp3) is 0.118. The van der Waals surface area contributed by atoms with Gasteiger partial charge < -0.3 is 9.47 Å². The predicted molar refractivity (Wildman–Crippen MR) is 77.2 cm³/mol. The van der Waals surface area contributed by atoms with Gasteiger partial charge in [0.05, 0.1) is 11.6 Å². The Hall–Kier alpha value is -2.80. The smallest absolute Gasteiger partial charge is 0.231 e. The maximum absolute atomic E-state index is 13.8. The lowest BCUT2D eigenvalue weighted by Gasteiger charge is -2.05. The van der Waals surface area contributed by atoms with Crippen LogP contribution in [-0.4, -0.2) is 6.79 Å². The van der Waals surface area contributed by atoms with Gasteiger partial charge in [0.15, 0.2) is 11.5 Å². The van der Waals surface area contributed by atoms with Gasteiger partial charge in [-0.3, -0.25) is 0 Å². The van der Waals surface area contributed by atoms with Crippen LogP contribution in [0.3, 0.4) is 0 Å². The van der Waals surface area contributed by atoms with E-state index < -0.39 is 5.82 Å². The molecule has 0 N–H and O–H groups in total. The van der Waals surface area contributed by atoms with E-state index in [2.05, 4.69) is 6.07 Å². The molecule has 0 aromatic heterocycles. The summed E-state index contributed by atoms with van der Waals surface area (Å²) in [4.78, 5) is 0. The average Bonchev–Trinajstić information content (AvgIpc) is 2.92. The molecule has 104 valence electrons. The summed E-state index contributed by atoms with van der Waals surface area (Å²) in [5, 5.41) is 9.31. The number of allylic oxidation sites excluding steroid dienone is 1. The van der Waals surface area contributed by atoms with Crippen molar-refractivity contribution in [2.45, 2.75) is 6.92 Å². The molecule has 0 bridgehead atoms. The van der Waals surface area contributed by atoms with E-state index in [4.69, 9.17) is 9.47 Å². The summed E-state index contributed by atoms with van der Waals surface area (Å²) >= 11 is 0. The van der Waals surface area contributed by atoms with Crippen LogP contribution in [0.4, 0.5) is 4.39 Å². The molecular weight excluding hydrogens is 269 g/mol. The van der Waals surface area contributed by atoms with Gasteiger partial charge in [0.1, 0.15) is 5.82 Å². The van der Waals surface area contributed by atoms with Gasteiger partial charge in [-0.2, -0.15) is 5.26 Å². The molecule has 2 aromatic carbocycles. The Balaban J connectivity index is 2.08. The van der Waals surface area contributed by atoms with Crippen molar-refractivity contribution in [1.29, 1.82) is 5.26 Å². The van der Waals surface area contributed by atoms with Crippen molar-refractivity contribution in [2.75, 3.05) is 6.79 Å². The number of nitriles is 1. The molecule has 4 heteroatoms. The number of benzene rings is 2. The molecule has 3 nitrogen and oxygen atoms in total. The van der Waals surface area contributed by atoms with E-state index in [0.717, 1.165) is 11.1 Å². The van der Waals surface area contributed by atoms with Crippen molar-refractivity contribution in [2.24, 2.45) is 0 Å². The van der Waals surface area contributed by atoms with Crippen molar-refractivity contribution < 1.29 is 13.9 Å². The highest BCUT2D eigenvalue weighted by Gasteiger charge is 2.15. The van der Waals surface area contributed by atoms with Crippen LogP contribution in [0.1, 0.15) is 16.7 Å². The highest BCUT2D eigenvalue weighted by Crippen LogP contribution is 2.35. The van der Waals surface area contributed by atoms with E-state index in [0.29, 0.717) is 11.5 Å². The molecule has 0 saturated heterocycles. The number of ether oxygens (including phenoxy) is 2. The second-order valence-electron chi connectivity index (χ2n) is 4.71. The number of rotatable bonds is 2. The lowest BCUT2D eigenvalue weighted by atomic mass is 10.0. The van der Waals surface area contributed by atoms with Gasteiger partial charge in [-0.05, 0) is 42.3 Å². The van der Waals surface area contributed by atoms with Crippen LogP contribution in [0.15, 0.2) is 36.4 Å². The maximum Gasteiger partial charge on any atom is 0.231 e. The topological polar surface area (TPSA) is 42.2 Å². The van der Waals surface area contributed by atoms with Crippen LogP contribution in [0.2, 0.25) is 0 Å².